The molecule has 0 saturated carbocycles. The highest BCUT2D eigenvalue weighted by Gasteiger charge is 2.00. The van der Waals surface area contributed by atoms with Crippen molar-refractivity contribution in [1.82, 2.24) is 0 Å². The minimum Gasteiger partial charge on any atom is -0.366 e. The fourth-order valence-electron chi connectivity index (χ4n) is 3.19. The average Bonchev–Trinajstić information content (AvgIpc) is 2.57. The van der Waals surface area contributed by atoms with E-state index >= 15 is 0 Å². The van der Waals surface area contributed by atoms with Gasteiger partial charge in [0.2, 0.25) is 5.91 Å². The van der Waals surface area contributed by atoms with E-state index in [2.05, 4.69) is 13.5 Å². The van der Waals surface area contributed by atoms with Crippen molar-refractivity contribution in [2.45, 2.75) is 122 Å². The van der Waals surface area contributed by atoms with Gasteiger partial charge in [-0.15, -0.1) is 0 Å². The van der Waals surface area contributed by atoms with Crippen molar-refractivity contribution in [3.63, 3.8) is 0 Å². The fourth-order valence-corrected chi connectivity index (χ4v) is 3.19. The van der Waals surface area contributed by atoms with Gasteiger partial charge in [-0.25, -0.2) is 0 Å². The topological polar surface area (TPSA) is 43.1 Å². The molecule has 142 valence electrons. The summed E-state index contributed by atoms with van der Waals surface area (Å²) in [6.07, 6.45) is 24.1. The van der Waals surface area contributed by atoms with Crippen LogP contribution >= 0.6 is 0 Å². The van der Waals surface area contributed by atoms with E-state index in [-0.39, 0.29) is 5.91 Å². The van der Waals surface area contributed by atoms with Crippen LogP contribution < -0.4 is 5.73 Å². The maximum absolute atomic E-state index is 10.8. The zero-order chi connectivity index (χ0) is 17.9. The van der Waals surface area contributed by atoms with Crippen molar-refractivity contribution in [3.8, 4) is 0 Å². The quantitative estimate of drug-likeness (QED) is 0.199. The summed E-state index contributed by atoms with van der Waals surface area (Å²) in [4.78, 5) is 10.8. The van der Waals surface area contributed by atoms with Gasteiger partial charge in [0.25, 0.3) is 0 Å². The molecule has 2 nitrogen and oxygen atoms in total. The highest BCUT2D eigenvalue weighted by Crippen LogP contribution is 2.14. The molecule has 0 unspecified atom stereocenters. The number of carbonyl (C=O) groups excluding carboxylic acids is 1. The van der Waals surface area contributed by atoms with Crippen LogP contribution in [0.25, 0.3) is 0 Å². The molecule has 1 amide bonds. The van der Waals surface area contributed by atoms with Crippen molar-refractivity contribution in [3.05, 3.63) is 12.2 Å². The summed E-state index contributed by atoms with van der Waals surface area (Å²) in [6.45, 7) is 5.97. The summed E-state index contributed by atoms with van der Waals surface area (Å²) >= 11 is 0. The number of nitrogens with two attached hydrogens (primary N) is 1. The van der Waals surface area contributed by atoms with Crippen LogP contribution in [0.3, 0.4) is 0 Å². The molecule has 0 aromatic heterocycles. The molecule has 0 spiro atoms. The molecule has 0 saturated heterocycles. The smallest absolute Gasteiger partial charge is 0.244 e. The lowest BCUT2D eigenvalue weighted by Crippen LogP contribution is -2.12. The normalized spacial score (nSPS) is 10.9. The van der Waals surface area contributed by atoms with Crippen LogP contribution in [0, 0.1) is 0 Å². The van der Waals surface area contributed by atoms with Crippen LogP contribution in [0.1, 0.15) is 122 Å². The Bertz CT molecular complexity index is 298. The minimum absolute atomic E-state index is 0.341. The molecule has 0 aliphatic heterocycles. The van der Waals surface area contributed by atoms with Gasteiger partial charge in [0.05, 0.1) is 0 Å². The third-order valence-corrected chi connectivity index (χ3v) is 4.93. The fraction of sp³-hybridized carbons (Fsp3) is 0.864. The number of hydrogen-bond donors (Lipinski definition) is 1. The Morgan fingerprint density at radius 2 is 0.917 bits per heavy atom. The minimum atomic E-state index is -0.341. The van der Waals surface area contributed by atoms with Gasteiger partial charge in [0.15, 0.2) is 0 Å². The molecule has 0 atom stereocenters. The number of carbonyl (C=O) groups is 1. The van der Waals surface area contributed by atoms with E-state index in [0.29, 0.717) is 5.57 Å². The Kier molecular flexibility index (Phi) is 17.9. The lowest BCUT2D eigenvalue weighted by molar-refractivity contribution is -0.114. The Labute approximate surface area is 151 Å². The number of amides is 1. The second-order valence-corrected chi connectivity index (χ2v) is 7.37. The Hall–Kier alpha value is -0.790. The number of primary amides is 1. The van der Waals surface area contributed by atoms with Gasteiger partial charge >= 0.3 is 0 Å². The summed E-state index contributed by atoms with van der Waals surface area (Å²) in [5, 5.41) is 0. The van der Waals surface area contributed by atoms with Gasteiger partial charge in [-0.1, -0.05) is 116 Å². The summed E-state index contributed by atoms with van der Waals surface area (Å²) < 4.78 is 0. The average molecular weight is 338 g/mol. The van der Waals surface area contributed by atoms with Gasteiger partial charge < -0.3 is 5.73 Å². The maximum atomic E-state index is 10.8. The lowest BCUT2D eigenvalue weighted by atomic mass is 10.0. The number of rotatable bonds is 19. The van der Waals surface area contributed by atoms with E-state index in [1.165, 1.54) is 103 Å². The van der Waals surface area contributed by atoms with E-state index in [1.807, 2.05) is 0 Å². The second kappa shape index (κ2) is 18.5. The summed E-state index contributed by atoms with van der Waals surface area (Å²) in [6, 6.07) is 0. The Morgan fingerprint density at radius 1 is 0.625 bits per heavy atom. The predicted molar refractivity (Wildman–Crippen MR) is 107 cm³/mol. The van der Waals surface area contributed by atoms with Crippen molar-refractivity contribution >= 4 is 5.91 Å². The molecule has 0 fully saturated rings. The molecule has 0 aromatic carbocycles. The van der Waals surface area contributed by atoms with Crippen molar-refractivity contribution in [2.75, 3.05) is 0 Å². The highest BCUT2D eigenvalue weighted by molar-refractivity contribution is 5.91. The lowest BCUT2D eigenvalue weighted by Gasteiger charge is -2.04. The number of hydrogen-bond acceptors (Lipinski definition) is 1. The van der Waals surface area contributed by atoms with Crippen LogP contribution in [-0.4, -0.2) is 5.91 Å². The SMILES string of the molecule is C=C(CCCCCCCCCCCCCCCCCCC)C(N)=O. The molecule has 2 heteroatoms. The first-order valence-electron chi connectivity index (χ1n) is 10.7. The van der Waals surface area contributed by atoms with Crippen LogP contribution in [0.4, 0.5) is 0 Å². The summed E-state index contributed by atoms with van der Waals surface area (Å²) in [5.41, 5.74) is 5.75. The maximum Gasteiger partial charge on any atom is 0.244 e. The van der Waals surface area contributed by atoms with Gasteiger partial charge in [0.1, 0.15) is 0 Å². The molecule has 0 rings (SSSR count). The Morgan fingerprint density at radius 3 is 1.21 bits per heavy atom. The molecule has 24 heavy (non-hydrogen) atoms. The largest absolute Gasteiger partial charge is 0.366 e. The first kappa shape index (κ1) is 23.2. The van der Waals surface area contributed by atoms with Crippen LogP contribution in [0.2, 0.25) is 0 Å². The zero-order valence-corrected chi connectivity index (χ0v) is 16.4. The van der Waals surface area contributed by atoms with E-state index in [4.69, 9.17) is 5.73 Å². The van der Waals surface area contributed by atoms with Gasteiger partial charge in [-0.2, -0.15) is 0 Å². The van der Waals surface area contributed by atoms with E-state index < -0.39 is 0 Å². The van der Waals surface area contributed by atoms with Gasteiger partial charge in [-0.05, 0) is 12.8 Å². The van der Waals surface area contributed by atoms with Crippen molar-refractivity contribution in [1.29, 1.82) is 0 Å². The zero-order valence-electron chi connectivity index (χ0n) is 16.4. The predicted octanol–water partition coefficient (Wildman–Crippen LogP) is 7.07. The molecule has 0 aromatic rings. The third kappa shape index (κ3) is 17.6. The van der Waals surface area contributed by atoms with Gasteiger partial charge in [0, 0.05) is 5.57 Å². The van der Waals surface area contributed by atoms with E-state index in [9.17, 15) is 4.79 Å². The Balaban J connectivity index is 3.05. The molecular formula is C22H43NO. The molecule has 0 bridgehead atoms. The molecule has 0 aliphatic carbocycles. The van der Waals surface area contributed by atoms with Gasteiger partial charge in [-0.3, -0.25) is 4.79 Å². The van der Waals surface area contributed by atoms with Crippen molar-refractivity contribution in [2.24, 2.45) is 5.73 Å². The molecule has 0 heterocycles. The standard InChI is InChI=1S/C22H43NO/c1-3-4-5-6-7-8-9-10-11-12-13-14-15-16-17-18-19-20-21(2)22(23)24/h2-20H2,1H3,(H2,23,24). The second-order valence-electron chi connectivity index (χ2n) is 7.37. The first-order valence-corrected chi connectivity index (χ1v) is 10.7. The molecule has 0 aliphatic rings. The molecular weight excluding hydrogens is 294 g/mol. The van der Waals surface area contributed by atoms with Crippen molar-refractivity contribution < 1.29 is 4.79 Å². The van der Waals surface area contributed by atoms with Crippen LogP contribution in [-0.2, 0) is 4.79 Å². The third-order valence-electron chi connectivity index (χ3n) is 4.93. The molecule has 2 N–H and O–H groups in total. The van der Waals surface area contributed by atoms with E-state index in [1.54, 1.807) is 0 Å². The number of unbranched alkanes of at least 4 members (excludes halogenated alkanes) is 16. The van der Waals surface area contributed by atoms with E-state index in [0.717, 1.165) is 12.8 Å². The first-order chi connectivity index (χ1) is 11.7. The summed E-state index contributed by atoms with van der Waals surface area (Å²) in [5.74, 6) is -0.341. The highest BCUT2D eigenvalue weighted by atomic mass is 16.1. The summed E-state index contributed by atoms with van der Waals surface area (Å²) in [7, 11) is 0. The van der Waals surface area contributed by atoms with Crippen LogP contribution in [0.15, 0.2) is 12.2 Å². The monoisotopic (exact) mass is 337 g/mol. The van der Waals surface area contributed by atoms with Crippen LogP contribution in [0.5, 0.6) is 0 Å². The molecule has 0 radical (unpaired) electrons.